The van der Waals surface area contributed by atoms with Gasteiger partial charge < -0.3 is 14.8 Å². The smallest absolute Gasteiger partial charge is 0.406 e. The molecule has 5 heteroatoms. The van der Waals surface area contributed by atoms with Gasteiger partial charge in [-0.25, -0.2) is 4.79 Å². The summed E-state index contributed by atoms with van der Waals surface area (Å²) >= 11 is 0. The van der Waals surface area contributed by atoms with Crippen molar-refractivity contribution < 1.29 is 19.1 Å². The van der Waals surface area contributed by atoms with Crippen LogP contribution in [-0.2, 0) is 14.3 Å². The molecule has 0 spiro atoms. The molecule has 0 unspecified atom stereocenters. The summed E-state index contributed by atoms with van der Waals surface area (Å²) in [5.74, 6) is 0.371. The van der Waals surface area contributed by atoms with Gasteiger partial charge >= 0.3 is 12.1 Å². The van der Waals surface area contributed by atoms with Gasteiger partial charge in [0.15, 0.2) is 0 Å². The highest BCUT2D eigenvalue weighted by Gasteiger charge is 2.40. The zero-order valence-corrected chi connectivity index (χ0v) is 13.2. The van der Waals surface area contributed by atoms with Crippen molar-refractivity contribution in [3.8, 4) is 0 Å². The van der Waals surface area contributed by atoms with Crippen LogP contribution in [0.1, 0.15) is 53.4 Å². The van der Waals surface area contributed by atoms with Gasteiger partial charge in [0.25, 0.3) is 0 Å². The predicted octanol–water partition coefficient (Wildman–Crippen LogP) is 2.88. The monoisotopic (exact) mass is 285 g/mol. The molecule has 0 aromatic rings. The summed E-state index contributed by atoms with van der Waals surface area (Å²) in [4.78, 5) is 23.3. The highest BCUT2D eigenvalue weighted by Crippen LogP contribution is 2.44. The summed E-state index contributed by atoms with van der Waals surface area (Å²) in [7, 11) is 1.34. The first-order valence-corrected chi connectivity index (χ1v) is 7.19. The van der Waals surface area contributed by atoms with Crippen molar-refractivity contribution in [2.24, 2.45) is 11.3 Å². The van der Waals surface area contributed by atoms with Crippen molar-refractivity contribution >= 4 is 12.1 Å². The SMILES string of the molecule is COC(=O)NC[C@@]1(CC(=O)OC(C)(C)C)CC[C@@H](C)C1. The zero-order chi connectivity index (χ0) is 15.4. The molecule has 1 fully saturated rings. The number of carbonyl (C=O) groups excluding carboxylic acids is 2. The van der Waals surface area contributed by atoms with Gasteiger partial charge in [0.1, 0.15) is 5.60 Å². The lowest BCUT2D eigenvalue weighted by Crippen LogP contribution is -2.39. The number of nitrogens with one attached hydrogen (secondary N) is 1. The van der Waals surface area contributed by atoms with Crippen LogP contribution in [0.4, 0.5) is 4.79 Å². The number of carbonyl (C=O) groups is 2. The number of alkyl carbamates (subject to hydrolysis) is 1. The minimum atomic E-state index is -0.474. The maximum absolute atomic E-state index is 12.1. The highest BCUT2D eigenvalue weighted by atomic mass is 16.6. The van der Waals surface area contributed by atoms with Crippen molar-refractivity contribution in [3.63, 3.8) is 0 Å². The average Bonchev–Trinajstić information content (AvgIpc) is 2.65. The molecule has 1 rings (SSSR count). The van der Waals surface area contributed by atoms with Crippen molar-refractivity contribution in [1.82, 2.24) is 5.32 Å². The van der Waals surface area contributed by atoms with Gasteiger partial charge in [-0.05, 0) is 44.9 Å². The van der Waals surface area contributed by atoms with E-state index in [1.54, 1.807) is 0 Å². The second-order valence-electron chi connectivity index (χ2n) is 6.96. The minimum absolute atomic E-state index is 0.196. The van der Waals surface area contributed by atoms with E-state index in [1.807, 2.05) is 20.8 Å². The number of ether oxygens (including phenoxy) is 2. The number of methoxy groups -OCH3 is 1. The molecule has 1 N–H and O–H groups in total. The van der Waals surface area contributed by atoms with Crippen molar-refractivity contribution in [1.29, 1.82) is 0 Å². The minimum Gasteiger partial charge on any atom is -0.460 e. The summed E-state index contributed by atoms with van der Waals surface area (Å²) < 4.78 is 10.0. The maximum atomic E-state index is 12.1. The van der Waals surface area contributed by atoms with E-state index >= 15 is 0 Å². The first kappa shape index (κ1) is 16.8. The third-order valence-corrected chi connectivity index (χ3v) is 3.68. The Bertz CT molecular complexity index is 361. The van der Waals surface area contributed by atoms with E-state index < -0.39 is 11.7 Å². The van der Waals surface area contributed by atoms with E-state index in [4.69, 9.17) is 4.74 Å². The maximum Gasteiger partial charge on any atom is 0.406 e. The summed E-state index contributed by atoms with van der Waals surface area (Å²) in [6.45, 7) is 8.23. The number of rotatable bonds is 4. The van der Waals surface area contributed by atoms with Crippen molar-refractivity contribution in [3.05, 3.63) is 0 Å². The lowest BCUT2D eigenvalue weighted by molar-refractivity contribution is -0.157. The normalized spacial score (nSPS) is 26.1. The van der Waals surface area contributed by atoms with Gasteiger partial charge in [-0.1, -0.05) is 13.3 Å². The third-order valence-electron chi connectivity index (χ3n) is 3.68. The van der Waals surface area contributed by atoms with Crippen molar-refractivity contribution in [2.45, 2.75) is 59.0 Å². The molecular formula is C15H27NO4. The summed E-state index contributed by atoms with van der Waals surface area (Å²) in [6, 6.07) is 0. The second-order valence-corrected chi connectivity index (χ2v) is 6.96. The molecular weight excluding hydrogens is 258 g/mol. The van der Waals surface area contributed by atoms with E-state index in [1.165, 1.54) is 7.11 Å². The van der Waals surface area contributed by atoms with Crippen LogP contribution in [0.15, 0.2) is 0 Å². The van der Waals surface area contributed by atoms with Crippen LogP contribution in [0.5, 0.6) is 0 Å². The molecule has 5 nitrogen and oxygen atoms in total. The molecule has 1 aliphatic carbocycles. The first-order chi connectivity index (χ1) is 9.16. The standard InChI is InChI=1S/C15H27NO4/c1-11-6-7-15(8-11,10-16-13(18)19-5)9-12(17)20-14(2,3)4/h11H,6-10H2,1-5H3,(H,16,18)/t11-,15+/m1/s1. The van der Waals surface area contributed by atoms with Gasteiger partial charge in [0.2, 0.25) is 0 Å². The average molecular weight is 285 g/mol. The summed E-state index contributed by atoms with van der Waals surface area (Å²) in [5.41, 5.74) is -0.672. The quantitative estimate of drug-likeness (QED) is 0.807. The Morgan fingerprint density at radius 3 is 2.45 bits per heavy atom. The number of hydrogen-bond donors (Lipinski definition) is 1. The van der Waals surface area contributed by atoms with Crippen LogP contribution >= 0.6 is 0 Å². The van der Waals surface area contributed by atoms with Gasteiger partial charge in [0.05, 0.1) is 13.5 Å². The van der Waals surface area contributed by atoms with E-state index in [9.17, 15) is 9.59 Å². The summed E-state index contributed by atoms with van der Waals surface area (Å²) in [5, 5.41) is 2.73. The molecule has 2 atom stereocenters. The molecule has 0 radical (unpaired) electrons. The molecule has 1 aliphatic rings. The van der Waals surface area contributed by atoms with Crippen LogP contribution < -0.4 is 5.32 Å². The van der Waals surface area contributed by atoms with Gasteiger partial charge in [-0.3, -0.25) is 4.79 Å². The fourth-order valence-corrected chi connectivity index (χ4v) is 2.90. The fraction of sp³-hybridized carbons (Fsp3) is 0.867. The van der Waals surface area contributed by atoms with Crippen LogP contribution in [0.25, 0.3) is 0 Å². The molecule has 20 heavy (non-hydrogen) atoms. The predicted molar refractivity (Wildman–Crippen MR) is 76.3 cm³/mol. The van der Waals surface area contributed by atoms with Crippen molar-refractivity contribution in [2.75, 3.05) is 13.7 Å². The molecule has 1 amide bonds. The molecule has 0 saturated heterocycles. The number of hydrogen-bond acceptors (Lipinski definition) is 4. The largest absolute Gasteiger partial charge is 0.460 e. The van der Waals surface area contributed by atoms with E-state index in [-0.39, 0.29) is 11.4 Å². The van der Waals surface area contributed by atoms with Crippen LogP contribution in [0, 0.1) is 11.3 Å². The first-order valence-electron chi connectivity index (χ1n) is 7.19. The molecule has 0 bridgehead atoms. The van der Waals surface area contributed by atoms with Crippen LogP contribution in [0.2, 0.25) is 0 Å². The Morgan fingerprint density at radius 2 is 2.00 bits per heavy atom. The van der Waals surface area contributed by atoms with E-state index in [0.29, 0.717) is 18.9 Å². The van der Waals surface area contributed by atoms with E-state index in [2.05, 4.69) is 17.0 Å². The zero-order valence-electron chi connectivity index (χ0n) is 13.2. The molecule has 1 saturated carbocycles. The van der Waals surface area contributed by atoms with Gasteiger partial charge in [-0.2, -0.15) is 0 Å². The summed E-state index contributed by atoms with van der Waals surface area (Å²) in [6.07, 6.45) is 2.82. The Hall–Kier alpha value is -1.26. The Morgan fingerprint density at radius 1 is 1.35 bits per heavy atom. The van der Waals surface area contributed by atoms with Crippen LogP contribution in [0.3, 0.4) is 0 Å². The highest BCUT2D eigenvalue weighted by molar-refractivity contribution is 5.71. The molecule has 116 valence electrons. The molecule has 0 aromatic carbocycles. The molecule has 0 aromatic heterocycles. The Kier molecular flexibility index (Phi) is 5.42. The Labute approximate surface area is 121 Å². The Balaban J connectivity index is 2.65. The van der Waals surface area contributed by atoms with Gasteiger partial charge in [-0.15, -0.1) is 0 Å². The lowest BCUT2D eigenvalue weighted by Gasteiger charge is -2.30. The topological polar surface area (TPSA) is 64.6 Å². The second kappa shape index (κ2) is 6.46. The fourth-order valence-electron chi connectivity index (χ4n) is 2.90. The van der Waals surface area contributed by atoms with Gasteiger partial charge in [0, 0.05) is 6.54 Å². The molecule has 0 aliphatic heterocycles. The number of esters is 1. The third kappa shape index (κ3) is 5.39. The van der Waals surface area contributed by atoms with E-state index in [0.717, 1.165) is 19.3 Å². The molecule has 0 heterocycles. The lowest BCUT2D eigenvalue weighted by atomic mass is 9.81. The van der Waals surface area contributed by atoms with Crippen LogP contribution in [-0.4, -0.2) is 31.3 Å². The number of amides is 1.